The highest BCUT2D eigenvalue weighted by molar-refractivity contribution is 6.30. The van der Waals surface area contributed by atoms with Gasteiger partial charge in [0.1, 0.15) is 18.6 Å². The van der Waals surface area contributed by atoms with Crippen molar-refractivity contribution in [2.75, 3.05) is 7.11 Å². The van der Waals surface area contributed by atoms with E-state index in [9.17, 15) is 4.79 Å². The molecule has 0 N–H and O–H groups in total. The number of ether oxygens (including phenoxy) is 2. The van der Waals surface area contributed by atoms with Crippen LogP contribution in [0.4, 0.5) is 0 Å². The molecule has 1 heterocycles. The van der Waals surface area contributed by atoms with E-state index in [1.165, 1.54) is 13.4 Å². The molecule has 1 aromatic heterocycles. The number of halogens is 1. The molecule has 2 aromatic carbocycles. The SMILES string of the molecule is COC(=O)c1coc(Cc2cc(Cl)ccc2OCc2ccccc2)n1. The molecule has 0 saturated carbocycles. The lowest BCUT2D eigenvalue weighted by molar-refractivity contribution is 0.0594. The monoisotopic (exact) mass is 357 g/mol. The van der Waals surface area contributed by atoms with Crippen molar-refractivity contribution < 1.29 is 18.7 Å². The van der Waals surface area contributed by atoms with Crippen molar-refractivity contribution in [2.45, 2.75) is 13.0 Å². The largest absolute Gasteiger partial charge is 0.489 e. The highest BCUT2D eigenvalue weighted by Crippen LogP contribution is 2.26. The second-order valence-corrected chi connectivity index (χ2v) is 5.76. The molecular weight excluding hydrogens is 342 g/mol. The number of carbonyl (C=O) groups is 1. The van der Waals surface area contributed by atoms with Gasteiger partial charge in [0.25, 0.3) is 0 Å². The molecule has 128 valence electrons. The van der Waals surface area contributed by atoms with Crippen molar-refractivity contribution in [1.82, 2.24) is 4.98 Å². The third-order valence-corrected chi connectivity index (χ3v) is 3.78. The lowest BCUT2D eigenvalue weighted by Gasteiger charge is -2.11. The van der Waals surface area contributed by atoms with Crippen LogP contribution in [-0.2, 0) is 17.8 Å². The first-order chi connectivity index (χ1) is 12.2. The van der Waals surface area contributed by atoms with Crippen molar-refractivity contribution in [3.05, 3.63) is 82.5 Å². The maximum absolute atomic E-state index is 11.5. The van der Waals surface area contributed by atoms with Gasteiger partial charge in [-0.25, -0.2) is 9.78 Å². The summed E-state index contributed by atoms with van der Waals surface area (Å²) < 4.78 is 15.9. The minimum absolute atomic E-state index is 0.131. The number of methoxy groups -OCH3 is 1. The smallest absolute Gasteiger partial charge is 0.360 e. The molecule has 0 aliphatic rings. The summed E-state index contributed by atoms with van der Waals surface area (Å²) in [6.07, 6.45) is 1.62. The zero-order chi connectivity index (χ0) is 17.6. The fraction of sp³-hybridized carbons (Fsp3) is 0.158. The second-order valence-electron chi connectivity index (χ2n) is 5.32. The predicted octanol–water partition coefficient (Wildman–Crippen LogP) is 4.28. The topological polar surface area (TPSA) is 61.6 Å². The van der Waals surface area contributed by atoms with E-state index in [-0.39, 0.29) is 5.69 Å². The summed E-state index contributed by atoms with van der Waals surface area (Å²) in [5.74, 6) is 0.528. The Morgan fingerprint density at radius 3 is 2.76 bits per heavy atom. The summed E-state index contributed by atoms with van der Waals surface area (Å²) in [5, 5.41) is 0.585. The lowest BCUT2D eigenvalue weighted by Crippen LogP contribution is -2.02. The number of esters is 1. The number of nitrogens with zero attached hydrogens (tertiary/aromatic N) is 1. The Kier molecular flexibility index (Phi) is 5.36. The summed E-state index contributed by atoms with van der Waals surface area (Å²) in [4.78, 5) is 15.6. The fourth-order valence-corrected chi connectivity index (χ4v) is 2.51. The number of oxazole rings is 1. The van der Waals surface area contributed by atoms with Crippen molar-refractivity contribution in [3.63, 3.8) is 0 Å². The van der Waals surface area contributed by atoms with E-state index in [0.717, 1.165) is 11.1 Å². The Morgan fingerprint density at radius 2 is 2.00 bits per heavy atom. The van der Waals surface area contributed by atoms with Gasteiger partial charge in [-0.1, -0.05) is 41.9 Å². The molecular formula is C19H16ClNO4. The summed E-state index contributed by atoms with van der Waals surface area (Å²) >= 11 is 6.10. The molecule has 3 rings (SSSR count). The zero-order valence-corrected chi connectivity index (χ0v) is 14.3. The molecule has 0 bridgehead atoms. The second kappa shape index (κ2) is 7.85. The molecule has 6 heteroatoms. The number of hydrogen-bond acceptors (Lipinski definition) is 5. The van der Waals surface area contributed by atoms with Crippen LogP contribution in [0.3, 0.4) is 0 Å². The van der Waals surface area contributed by atoms with Gasteiger partial charge in [-0.15, -0.1) is 0 Å². The van der Waals surface area contributed by atoms with E-state index in [0.29, 0.717) is 29.7 Å². The van der Waals surface area contributed by atoms with E-state index in [4.69, 9.17) is 20.8 Å². The Hall–Kier alpha value is -2.79. The van der Waals surface area contributed by atoms with Crippen LogP contribution >= 0.6 is 11.6 Å². The van der Waals surface area contributed by atoms with Gasteiger partial charge in [0, 0.05) is 10.6 Å². The van der Waals surface area contributed by atoms with Crippen molar-refractivity contribution in [2.24, 2.45) is 0 Å². The summed E-state index contributed by atoms with van der Waals surface area (Å²) in [7, 11) is 1.29. The Labute approximate surface area is 150 Å². The Morgan fingerprint density at radius 1 is 1.20 bits per heavy atom. The average Bonchev–Trinajstić information content (AvgIpc) is 3.10. The molecule has 5 nitrogen and oxygen atoms in total. The first-order valence-electron chi connectivity index (χ1n) is 7.63. The Balaban J connectivity index is 1.77. The molecule has 0 fully saturated rings. The number of hydrogen-bond donors (Lipinski definition) is 0. The van der Waals surface area contributed by atoms with Crippen LogP contribution in [-0.4, -0.2) is 18.1 Å². The maximum atomic E-state index is 11.5. The van der Waals surface area contributed by atoms with Gasteiger partial charge in [-0.3, -0.25) is 0 Å². The van der Waals surface area contributed by atoms with Gasteiger partial charge in [0.15, 0.2) is 11.6 Å². The average molecular weight is 358 g/mol. The molecule has 0 aliphatic heterocycles. The predicted molar refractivity (Wildman–Crippen MR) is 92.9 cm³/mol. The minimum atomic E-state index is -0.540. The maximum Gasteiger partial charge on any atom is 0.360 e. The van der Waals surface area contributed by atoms with Crippen LogP contribution in [0.25, 0.3) is 0 Å². The van der Waals surface area contributed by atoms with E-state index in [1.807, 2.05) is 36.4 Å². The van der Waals surface area contributed by atoms with Gasteiger partial charge >= 0.3 is 5.97 Å². The molecule has 0 aliphatic carbocycles. The van der Waals surface area contributed by atoms with Gasteiger partial charge in [-0.2, -0.15) is 0 Å². The number of aromatic nitrogens is 1. The first-order valence-corrected chi connectivity index (χ1v) is 8.01. The van der Waals surface area contributed by atoms with E-state index >= 15 is 0 Å². The quantitative estimate of drug-likeness (QED) is 0.616. The molecule has 25 heavy (non-hydrogen) atoms. The molecule has 0 spiro atoms. The van der Waals surface area contributed by atoms with Gasteiger partial charge in [0.2, 0.25) is 0 Å². The molecule has 0 atom stereocenters. The standard InChI is InChI=1S/C19H16ClNO4/c1-23-19(22)16-12-25-18(21-16)10-14-9-15(20)7-8-17(14)24-11-13-5-3-2-4-6-13/h2-9,12H,10-11H2,1H3. The van der Waals surface area contributed by atoms with Gasteiger partial charge in [0.05, 0.1) is 13.5 Å². The van der Waals surface area contributed by atoms with Crippen LogP contribution in [0.2, 0.25) is 5.02 Å². The third kappa shape index (κ3) is 4.39. The summed E-state index contributed by atoms with van der Waals surface area (Å²) in [6.45, 7) is 0.439. The summed E-state index contributed by atoms with van der Waals surface area (Å²) in [5.41, 5.74) is 2.01. The van der Waals surface area contributed by atoms with Crippen LogP contribution in [0.5, 0.6) is 5.75 Å². The molecule has 0 unspecified atom stereocenters. The van der Waals surface area contributed by atoms with Crippen molar-refractivity contribution in [3.8, 4) is 5.75 Å². The van der Waals surface area contributed by atoms with Crippen LogP contribution in [0.1, 0.15) is 27.5 Å². The fourth-order valence-electron chi connectivity index (χ4n) is 2.32. The molecule has 0 amide bonds. The minimum Gasteiger partial charge on any atom is -0.489 e. The molecule has 0 radical (unpaired) electrons. The van der Waals surface area contributed by atoms with Gasteiger partial charge in [-0.05, 0) is 23.8 Å². The number of carbonyl (C=O) groups excluding carboxylic acids is 1. The van der Waals surface area contributed by atoms with Crippen LogP contribution in [0.15, 0.2) is 59.2 Å². The van der Waals surface area contributed by atoms with Crippen molar-refractivity contribution >= 4 is 17.6 Å². The molecule has 0 saturated heterocycles. The summed E-state index contributed by atoms with van der Waals surface area (Å²) in [6, 6.07) is 15.2. The third-order valence-electron chi connectivity index (χ3n) is 3.55. The Bertz CT molecular complexity index is 861. The first kappa shape index (κ1) is 17.0. The van der Waals surface area contributed by atoms with Gasteiger partial charge < -0.3 is 13.9 Å². The van der Waals surface area contributed by atoms with Crippen LogP contribution < -0.4 is 4.74 Å². The van der Waals surface area contributed by atoms with E-state index in [1.54, 1.807) is 12.1 Å². The van der Waals surface area contributed by atoms with E-state index in [2.05, 4.69) is 9.72 Å². The number of rotatable bonds is 6. The molecule has 3 aromatic rings. The highest BCUT2D eigenvalue weighted by Gasteiger charge is 2.15. The van der Waals surface area contributed by atoms with E-state index < -0.39 is 5.97 Å². The van der Waals surface area contributed by atoms with Crippen LogP contribution in [0, 0.1) is 0 Å². The number of benzene rings is 2. The van der Waals surface area contributed by atoms with Crippen molar-refractivity contribution in [1.29, 1.82) is 0 Å². The zero-order valence-electron chi connectivity index (χ0n) is 13.6. The normalized spacial score (nSPS) is 10.5. The lowest BCUT2D eigenvalue weighted by atomic mass is 10.1. The highest BCUT2D eigenvalue weighted by atomic mass is 35.5.